The molecule has 150 valence electrons. The molecule has 3 amide bonds. The zero-order valence-electron chi connectivity index (χ0n) is 16.3. The predicted octanol–water partition coefficient (Wildman–Crippen LogP) is 3.32. The number of imide groups is 1. The van der Waals surface area contributed by atoms with E-state index in [9.17, 15) is 14.4 Å². The summed E-state index contributed by atoms with van der Waals surface area (Å²) in [5, 5.41) is 5.29. The molecule has 7 nitrogen and oxygen atoms in total. The van der Waals surface area contributed by atoms with Crippen molar-refractivity contribution in [2.75, 3.05) is 13.2 Å². The number of aryl methyl sites for hydroxylation is 1. The summed E-state index contributed by atoms with van der Waals surface area (Å²) in [5.41, 5.74) is 1.70. The van der Waals surface area contributed by atoms with Crippen LogP contribution in [0.15, 0.2) is 12.1 Å². The Morgan fingerprint density at radius 1 is 1.15 bits per heavy atom. The molecular formula is C19H27ClN2O5. The highest BCUT2D eigenvalue weighted by Gasteiger charge is 2.15. The third-order valence-corrected chi connectivity index (χ3v) is 4.27. The molecule has 1 aromatic rings. The number of hydrogen-bond donors (Lipinski definition) is 2. The molecule has 8 heteroatoms. The summed E-state index contributed by atoms with van der Waals surface area (Å²) in [4.78, 5) is 35.0. The minimum Gasteiger partial charge on any atom is -0.482 e. The van der Waals surface area contributed by atoms with Crippen LogP contribution in [0.1, 0.15) is 51.2 Å². The second-order valence-electron chi connectivity index (χ2n) is 6.57. The van der Waals surface area contributed by atoms with Crippen molar-refractivity contribution in [1.29, 1.82) is 0 Å². The molecule has 0 unspecified atom stereocenters. The number of amides is 3. The highest BCUT2D eigenvalue weighted by molar-refractivity contribution is 6.31. The van der Waals surface area contributed by atoms with Crippen LogP contribution in [0.2, 0.25) is 5.02 Å². The van der Waals surface area contributed by atoms with Crippen molar-refractivity contribution in [3.05, 3.63) is 28.3 Å². The molecular weight excluding hydrogens is 372 g/mol. The van der Waals surface area contributed by atoms with Gasteiger partial charge in [0.1, 0.15) is 5.75 Å². The number of rotatable bonds is 8. The average Bonchev–Trinajstić information content (AvgIpc) is 2.59. The van der Waals surface area contributed by atoms with Crippen LogP contribution in [0.4, 0.5) is 4.79 Å². The maximum Gasteiger partial charge on any atom is 0.344 e. The first kappa shape index (κ1) is 22.8. The predicted molar refractivity (Wildman–Crippen MR) is 103 cm³/mol. The van der Waals surface area contributed by atoms with Crippen molar-refractivity contribution in [2.45, 2.75) is 53.0 Å². The molecule has 0 spiro atoms. The first-order valence-electron chi connectivity index (χ1n) is 8.82. The number of esters is 1. The molecule has 0 fully saturated rings. The summed E-state index contributed by atoms with van der Waals surface area (Å²) < 4.78 is 10.4. The lowest BCUT2D eigenvalue weighted by atomic mass is 10.0. The van der Waals surface area contributed by atoms with Crippen LogP contribution in [0.3, 0.4) is 0 Å². The molecule has 1 aromatic carbocycles. The summed E-state index contributed by atoms with van der Waals surface area (Å²) in [5.74, 6) is -0.727. The molecule has 0 saturated carbocycles. The van der Waals surface area contributed by atoms with Gasteiger partial charge in [0.15, 0.2) is 13.2 Å². The van der Waals surface area contributed by atoms with Crippen LogP contribution in [-0.4, -0.2) is 37.2 Å². The summed E-state index contributed by atoms with van der Waals surface area (Å²) in [6.45, 7) is 8.61. The van der Waals surface area contributed by atoms with Gasteiger partial charge >= 0.3 is 12.0 Å². The molecule has 0 bridgehead atoms. The number of hydrogen-bond acceptors (Lipinski definition) is 5. The maximum atomic E-state index is 11.8. The van der Waals surface area contributed by atoms with Crippen LogP contribution in [0.5, 0.6) is 5.75 Å². The second-order valence-corrected chi connectivity index (χ2v) is 6.98. The second kappa shape index (κ2) is 10.8. The van der Waals surface area contributed by atoms with E-state index in [-0.39, 0.29) is 18.6 Å². The van der Waals surface area contributed by atoms with Crippen molar-refractivity contribution in [3.63, 3.8) is 0 Å². The highest BCUT2D eigenvalue weighted by Crippen LogP contribution is 2.31. The monoisotopic (exact) mass is 398 g/mol. The van der Waals surface area contributed by atoms with E-state index in [1.54, 1.807) is 6.07 Å². The van der Waals surface area contributed by atoms with Gasteiger partial charge in [-0.25, -0.2) is 9.59 Å². The summed E-state index contributed by atoms with van der Waals surface area (Å²) in [7, 11) is 0. The third-order valence-electron chi connectivity index (χ3n) is 3.87. The zero-order chi connectivity index (χ0) is 20.6. The Kier molecular flexibility index (Phi) is 9.08. The van der Waals surface area contributed by atoms with E-state index in [1.165, 1.54) is 0 Å². The third kappa shape index (κ3) is 7.86. The SMILES string of the molecule is CC[C@H](C)NC(=O)NC(=O)COC(=O)COc1cc(C)c(Cl)cc1C(C)C. The van der Waals surface area contributed by atoms with Crippen LogP contribution in [-0.2, 0) is 14.3 Å². The van der Waals surface area contributed by atoms with Gasteiger partial charge in [0, 0.05) is 11.1 Å². The number of ether oxygens (including phenoxy) is 2. The number of halogens is 1. The smallest absolute Gasteiger partial charge is 0.344 e. The van der Waals surface area contributed by atoms with Gasteiger partial charge in [0.25, 0.3) is 5.91 Å². The fourth-order valence-corrected chi connectivity index (χ4v) is 2.27. The number of urea groups is 1. The molecule has 1 atom stereocenters. The quantitative estimate of drug-likeness (QED) is 0.655. The number of carbonyl (C=O) groups excluding carboxylic acids is 3. The average molecular weight is 399 g/mol. The Bertz CT molecular complexity index is 691. The lowest BCUT2D eigenvalue weighted by Gasteiger charge is -2.15. The topological polar surface area (TPSA) is 93.7 Å². The fourth-order valence-electron chi connectivity index (χ4n) is 2.10. The van der Waals surface area contributed by atoms with Gasteiger partial charge < -0.3 is 14.8 Å². The van der Waals surface area contributed by atoms with Crippen molar-refractivity contribution in [2.24, 2.45) is 0 Å². The van der Waals surface area contributed by atoms with Gasteiger partial charge in [-0.15, -0.1) is 0 Å². The summed E-state index contributed by atoms with van der Waals surface area (Å²) in [6, 6.07) is 2.88. The fraction of sp³-hybridized carbons (Fsp3) is 0.526. The van der Waals surface area contributed by atoms with E-state index >= 15 is 0 Å². The lowest BCUT2D eigenvalue weighted by Crippen LogP contribution is -2.44. The molecule has 0 aliphatic rings. The zero-order valence-corrected chi connectivity index (χ0v) is 17.1. The van der Waals surface area contributed by atoms with Crippen molar-refractivity contribution in [3.8, 4) is 5.75 Å². The van der Waals surface area contributed by atoms with Crippen molar-refractivity contribution in [1.82, 2.24) is 10.6 Å². The molecule has 1 rings (SSSR count). The van der Waals surface area contributed by atoms with E-state index in [1.807, 2.05) is 40.7 Å². The van der Waals surface area contributed by atoms with Gasteiger partial charge in [-0.05, 0) is 49.4 Å². The maximum absolute atomic E-state index is 11.8. The van der Waals surface area contributed by atoms with Crippen molar-refractivity contribution < 1.29 is 23.9 Å². The molecule has 0 radical (unpaired) electrons. The minimum atomic E-state index is -0.714. The number of carbonyl (C=O) groups is 3. The first-order chi connectivity index (χ1) is 12.6. The largest absolute Gasteiger partial charge is 0.482 e. The van der Waals surface area contributed by atoms with E-state index in [4.69, 9.17) is 21.1 Å². The van der Waals surface area contributed by atoms with Gasteiger partial charge in [0.05, 0.1) is 0 Å². The Morgan fingerprint density at radius 3 is 2.41 bits per heavy atom. The van der Waals surface area contributed by atoms with Crippen LogP contribution < -0.4 is 15.4 Å². The normalized spacial score (nSPS) is 11.7. The molecule has 0 aliphatic heterocycles. The van der Waals surface area contributed by atoms with Gasteiger partial charge in [-0.1, -0.05) is 32.4 Å². The number of benzene rings is 1. The van der Waals surface area contributed by atoms with Gasteiger partial charge in [-0.2, -0.15) is 0 Å². The standard InChI is InChI=1S/C19H27ClN2O5/c1-6-13(5)21-19(25)22-17(23)9-27-18(24)10-26-16-7-12(4)15(20)8-14(16)11(2)3/h7-8,11,13H,6,9-10H2,1-5H3,(H2,21,22,23,25)/t13-/m0/s1. The van der Waals surface area contributed by atoms with E-state index in [0.717, 1.165) is 17.5 Å². The van der Waals surface area contributed by atoms with Gasteiger partial charge in [0.2, 0.25) is 0 Å². The molecule has 0 saturated heterocycles. The van der Waals surface area contributed by atoms with E-state index in [0.29, 0.717) is 10.8 Å². The summed E-state index contributed by atoms with van der Waals surface area (Å²) in [6.07, 6.45) is 0.733. The first-order valence-corrected chi connectivity index (χ1v) is 9.20. The van der Waals surface area contributed by atoms with Crippen molar-refractivity contribution >= 4 is 29.5 Å². The Labute approximate surface area is 164 Å². The molecule has 0 aromatic heterocycles. The molecule has 0 heterocycles. The van der Waals surface area contributed by atoms with E-state index < -0.39 is 24.5 Å². The van der Waals surface area contributed by atoms with Gasteiger partial charge in [-0.3, -0.25) is 10.1 Å². The highest BCUT2D eigenvalue weighted by atomic mass is 35.5. The van der Waals surface area contributed by atoms with E-state index in [2.05, 4.69) is 10.6 Å². The Balaban J connectivity index is 2.49. The Morgan fingerprint density at radius 2 is 1.81 bits per heavy atom. The summed E-state index contributed by atoms with van der Waals surface area (Å²) >= 11 is 6.14. The molecule has 0 aliphatic carbocycles. The van der Waals surface area contributed by atoms with Crippen LogP contribution in [0.25, 0.3) is 0 Å². The minimum absolute atomic E-state index is 0.0632. The molecule has 2 N–H and O–H groups in total. The van der Waals surface area contributed by atoms with Crippen LogP contribution >= 0.6 is 11.6 Å². The van der Waals surface area contributed by atoms with Crippen LogP contribution in [0, 0.1) is 6.92 Å². The Hall–Kier alpha value is -2.28. The molecule has 27 heavy (non-hydrogen) atoms. The lowest BCUT2D eigenvalue weighted by molar-refractivity contribution is -0.150. The number of nitrogens with one attached hydrogen (secondary N) is 2.